The molecule has 2 N–H and O–H groups in total. The van der Waals surface area contributed by atoms with Crippen molar-refractivity contribution in [2.24, 2.45) is 11.8 Å². The number of amides is 2. The highest BCUT2D eigenvalue weighted by atomic mass is 35.5. The normalized spacial score (nSPS) is 15.9. The minimum absolute atomic E-state index is 0. The van der Waals surface area contributed by atoms with Crippen molar-refractivity contribution in [3.8, 4) is 0 Å². The molecule has 158 valence electrons. The summed E-state index contributed by atoms with van der Waals surface area (Å²) in [4.78, 5) is 27.0. The number of hydrogen-bond donors (Lipinski definition) is 2. The van der Waals surface area contributed by atoms with Crippen molar-refractivity contribution in [1.82, 2.24) is 15.5 Å². The van der Waals surface area contributed by atoms with E-state index in [9.17, 15) is 18.4 Å². The van der Waals surface area contributed by atoms with Crippen LogP contribution in [0.2, 0.25) is 0 Å². The molecule has 1 saturated heterocycles. The van der Waals surface area contributed by atoms with Crippen LogP contribution in [-0.4, -0.2) is 49.4 Å². The number of carbonyl (C=O) groups is 2. The van der Waals surface area contributed by atoms with Crippen LogP contribution in [0.1, 0.15) is 43.5 Å². The van der Waals surface area contributed by atoms with Gasteiger partial charge in [0.05, 0.1) is 0 Å². The second kappa shape index (κ2) is 11.3. The Morgan fingerprint density at radius 1 is 1.18 bits per heavy atom. The maximum Gasteiger partial charge on any atom is 0.257 e. The smallest absolute Gasteiger partial charge is 0.257 e. The highest BCUT2D eigenvalue weighted by Crippen LogP contribution is 2.22. The molecule has 0 aromatic heterocycles. The molecule has 0 spiro atoms. The Hall–Kier alpha value is -1.73. The van der Waals surface area contributed by atoms with Gasteiger partial charge in [0.1, 0.15) is 23.2 Å². The van der Waals surface area contributed by atoms with Crippen molar-refractivity contribution in [3.63, 3.8) is 0 Å². The monoisotopic (exact) mass is 417 g/mol. The SMILES string of the molecule is CNCCC1CCN(C(=O)C(NC(=O)c2c(F)cccc2F)C(C)C)CC1.Cl. The van der Waals surface area contributed by atoms with Gasteiger partial charge in [-0.3, -0.25) is 9.59 Å². The third-order valence-electron chi connectivity index (χ3n) is 5.14. The van der Waals surface area contributed by atoms with Crippen LogP contribution < -0.4 is 10.6 Å². The summed E-state index contributed by atoms with van der Waals surface area (Å²) < 4.78 is 27.7. The molecular formula is C20H30ClF2N3O2. The number of halogens is 3. The zero-order valence-corrected chi connectivity index (χ0v) is 17.5. The van der Waals surface area contributed by atoms with Crippen molar-refractivity contribution in [1.29, 1.82) is 0 Å². The molecule has 2 amide bonds. The van der Waals surface area contributed by atoms with Crippen LogP contribution in [0, 0.1) is 23.5 Å². The number of rotatable bonds is 7. The molecule has 1 heterocycles. The molecule has 1 aromatic rings. The summed E-state index contributed by atoms with van der Waals surface area (Å²) in [5.74, 6) is -2.58. The zero-order chi connectivity index (χ0) is 20.0. The van der Waals surface area contributed by atoms with Gasteiger partial charge in [-0.1, -0.05) is 19.9 Å². The van der Waals surface area contributed by atoms with E-state index in [1.807, 2.05) is 7.05 Å². The highest BCUT2D eigenvalue weighted by molar-refractivity contribution is 5.98. The van der Waals surface area contributed by atoms with Gasteiger partial charge in [0, 0.05) is 13.1 Å². The molecule has 0 radical (unpaired) electrons. The highest BCUT2D eigenvalue weighted by Gasteiger charge is 2.32. The van der Waals surface area contributed by atoms with Gasteiger partial charge in [0.25, 0.3) is 5.91 Å². The minimum atomic E-state index is -0.937. The van der Waals surface area contributed by atoms with E-state index >= 15 is 0 Å². The van der Waals surface area contributed by atoms with Crippen molar-refractivity contribution < 1.29 is 18.4 Å². The topological polar surface area (TPSA) is 61.4 Å². The number of carbonyl (C=O) groups excluding carboxylic acids is 2. The lowest BCUT2D eigenvalue weighted by Crippen LogP contribution is -2.53. The summed E-state index contributed by atoms with van der Waals surface area (Å²) in [6.07, 6.45) is 2.93. The molecule has 28 heavy (non-hydrogen) atoms. The van der Waals surface area contributed by atoms with Gasteiger partial charge in [0.2, 0.25) is 5.91 Å². The Balaban J connectivity index is 0.00000392. The summed E-state index contributed by atoms with van der Waals surface area (Å²) in [6, 6.07) is 2.44. The van der Waals surface area contributed by atoms with Crippen LogP contribution in [0.5, 0.6) is 0 Å². The first-order valence-corrected chi connectivity index (χ1v) is 9.53. The lowest BCUT2D eigenvalue weighted by molar-refractivity contribution is -0.135. The Labute approximate surface area is 171 Å². The number of piperidine rings is 1. The minimum Gasteiger partial charge on any atom is -0.341 e. The predicted molar refractivity (Wildman–Crippen MR) is 108 cm³/mol. The molecular weight excluding hydrogens is 388 g/mol. The maximum atomic E-state index is 13.9. The quantitative estimate of drug-likeness (QED) is 0.717. The van der Waals surface area contributed by atoms with Crippen LogP contribution in [0.4, 0.5) is 8.78 Å². The maximum absolute atomic E-state index is 13.9. The van der Waals surface area contributed by atoms with Gasteiger partial charge >= 0.3 is 0 Å². The third kappa shape index (κ3) is 6.14. The molecule has 1 fully saturated rings. The number of likely N-dealkylation sites (tertiary alicyclic amines) is 1. The van der Waals surface area contributed by atoms with E-state index in [4.69, 9.17) is 0 Å². The van der Waals surface area contributed by atoms with Gasteiger partial charge in [-0.05, 0) is 56.8 Å². The van der Waals surface area contributed by atoms with Crippen LogP contribution in [-0.2, 0) is 4.79 Å². The first-order valence-electron chi connectivity index (χ1n) is 9.53. The second-order valence-electron chi connectivity index (χ2n) is 7.45. The molecule has 1 unspecified atom stereocenters. The molecule has 0 bridgehead atoms. The fraction of sp³-hybridized carbons (Fsp3) is 0.600. The van der Waals surface area contributed by atoms with E-state index in [1.54, 1.807) is 18.7 Å². The third-order valence-corrected chi connectivity index (χ3v) is 5.14. The number of hydrogen-bond acceptors (Lipinski definition) is 3. The first kappa shape index (κ1) is 24.3. The Morgan fingerprint density at radius 3 is 2.25 bits per heavy atom. The summed E-state index contributed by atoms with van der Waals surface area (Å²) in [5, 5.41) is 5.68. The molecule has 1 atom stereocenters. The van der Waals surface area contributed by atoms with Crippen molar-refractivity contribution >= 4 is 24.2 Å². The van der Waals surface area contributed by atoms with Crippen LogP contribution in [0.3, 0.4) is 0 Å². The molecule has 1 aromatic carbocycles. The average molecular weight is 418 g/mol. The van der Waals surface area contributed by atoms with E-state index in [0.717, 1.165) is 37.9 Å². The Morgan fingerprint density at radius 2 is 1.75 bits per heavy atom. The van der Waals surface area contributed by atoms with Gasteiger partial charge in [0.15, 0.2) is 0 Å². The first-order chi connectivity index (χ1) is 12.8. The summed E-state index contributed by atoms with van der Waals surface area (Å²) in [6.45, 7) is 5.85. The van der Waals surface area contributed by atoms with Crippen LogP contribution in [0.15, 0.2) is 18.2 Å². The van der Waals surface area contributed by atoms with E-state index < -0.39 is 29.1 Å². The standard InChI is InChI=1S/C20H29F2N3O2.ClH/c1-13(2)18(24-19(26)17-15(21)5-4-6-16(17)22)20(27)25-11-8-14(9-12-25)7-10-23-3;/h4-6,13-14,18,23H,7-12H2,1-3H3,(H,24,26);1H. The average Bonchev–Trinajstić information content (AvgIpc) is 2.64. The van der Waals surface area contributed by atoms with E-state index in [2.05, 4.69) is 10.6 Å². The largest absolute Gasteiger partial charge is 0.341 e. The van der Waals surface area contributed by atoms with E-state index in [1.165, 1.54) is 6.07 Å². The van der Waals surface area contributed by atoms with Crippen LogP contribution in [0.25, 0.3) is 0 Å². The van der Waals surface area contributed by atoms with E-state index in [-0.39, 0.29) is 24.2 Å². The molecule has 0 saturated carbocycles. The molecule has 8 heteroatoms. The zero-order valence-electron chi connectivity index (χ0n) is 16.6. The van der Waals surface area contributed by atoms with Crippen molar-refractivity contribution in [2.45, 2.75) is 39.2 Å². The van der Waals surface area contributed by atoms with Gasteiger partial charge in [-0.25, -0.2) is 8.78 Å². The molecule has 1 aliphatic rings. The Bertz CT molecular complexity index is 645. The number of nitrogens with zero attached hydrogens (tertiary/aromatic N) is 1. The van der Waals surface area contributed by atoms with Gasteiger partial charge in [-0.2, -0.15) is 0 Å². The fourth-order valence-electron chi connectivity index (χ4n) is 3.43. The number of nitrogens with one attached hydrogen (secondary N) is 2. The van der Waals surface area contributed by atoms with Gasteiger partial charge < -0.3 is 15.5 Å². The van der Waals surface area contributed by atoms with Crippen LogP contribution >= 0.6 is 12.4 Å². The van der Waals surface area contributed by atoms with Crippen molar-refractivity contribution in [3.05, 3.63) is 35.4 Å². The summed E-state index contributed by atoms with van der Waals surface area (Å²) in [5.41, 5.74) is -0.651. The lowest BCUT2D eigenvalue weighted by Gasteiger charge is -2.35. The molecule has 0 aliphatic carbocycles. The predicted octanol–water partition coefficient (Wildman–Crippen LogP) is 2.99. The fourth-order valence-corrected chi connectivity index (χ4v) is 3.43. The summed E-state index contributed by atoms with van der Waals surface area (Å²) in [7, 11) is 1.92. The van der Waals surface area contributed by atoms with E-state index in [0.29, 0.717) is 19.0 Å². The lowest BCUT2D eigenvalue weighted by atomic mass is 9.92. The summed E-state index contributed by atoms with van der Waals surface area (Å²) >= 11 is 0. The number of benzene rings is 1. The molecule has 1 aliphatic heterocycles. The van der Waals surface area contributed by atoms with Crippen molar-refractivity contribution in [2.75, 3.05) is 26.7 Å². The molecule has 2 rings (SSSR count). The Kier molecular flexibility index (Phi) is 9.82. The second-order valence-corrected chi connectivity index (χ2v) is 7.45. The van der Waals surface area contributed by atoms with Gasteiger partial charge in [-0.15, -0.1) is 12.4 Å². The molecule has 5 nitrogen and oxygen atoms in total.